The minimum absolute atomic E-state index is 0. The topological polar surface area (TPSA) is 3.88 Å². The van der Waals surface area contributed by atoms with Crippen LogP contribution in [-0.2, 0) is 6.54 Å². The molecule has 0 saturated heterocycles. The fourth-order valence-corrected chi connectivity index (χ4v) is 1.11. The first kappa shape index (κ1) is 7.92. The van der Waals surface area contributed by atoms with E-state index in [1.165, 1.54) is 0 Å². The maximum absolute atomic E-state index is 2.14. The summed E-state index contributed by atoms with van der Waals surface area (Å²) in [6, 6.07) is 0. The number of aromatic nitrogens is 1. The summed E-state index contributed by atoms with van der Waals surface area (Å²) in [5.41, 5.74) is 2.10. The molecule has 0 fully saturated rings. The van der Waals surface area contributed by atoms with Gasteiger partial charge in [0.1, 0.15) is 6.54 Å². The predicted molar refractivity (Wildman–Crippen MR) is 30.2 cm³/mol. The third kappa shape index (κ3) is 1.80. The molecule has 0 amide bonds. The number of nitrogens with zero attached hydrogens (tertiary/aromatic N) is 1. The second-order valence-electron chi connectivity index (χ2n) is 1.36. The van der Waals surface area contributed by atoms with Crippen molar-refractivity contribution in [1.29, 1.82) is 0 Å². The lowest BCUT2D eigenvalue weighted by atomic mass is 10.7. The van der Waals surface area contributed by atoms with Crippen LogP contribution in [0.25, 0.3) is 0 Å². The Hall–Kier alpha value is -0.0800. The van der Waals surface area contributed by atoms with Crippen molar-refractivity contribution in [2.75, 3.05) is 0 Å². The van der Waals surface area contributed by atoms with Gasteiger partial charge >= 0.3 is 0 Å². The van der Waals surface area contributed by atoms with E-state index in [0.717, 1.165) is 6.54 Å². The van der Waals surface area contributed by atoms with E-state index < -0.39 is 0 Å². The molecule has 46 valence electrons. The number of hydrogen-bond donors (Lipinski definition) is 0. The molecule has 0 radical (unpaired) electrons. The number of thiazole rings is 1. The maximum atomic E-state index is 2.14. The van der Waals surface area contributed by atoms with Gasteiger partial charge in [0.15, 0.2) is 6.20 Å². The molecule has 0 N–H and O–H groups in total. The van der Waals surface area contributed by atoms with Crippen molar-refractivity contribution in [2.24, 2.45) is 0 Å². The Morgan fingerprint density at radius 3 is 2.62 bits per heavy atom. The molecule has 0 aromatic carbocycles. The fraction of sp³-hybridized carbons (Fsp3) is 0.400. The second kappa shape index (κ2) is 3.87. The van der Waals surface area contributed by atoms with Gasteiger partial charge in [0.2, 0.25) is 5.51 Å². The van der Waals surface area contributed by atoms with Crippen LogP contribution in [0.1, 0.15) is 6.92 Å². The lowest BCUT2D eigenvalue weighted by Gasteiger charge is -1.74. The summed E-state index contributed by atoms with van der Waals surface area (Å²) in [5.74, 6) is 0. The van der Waals surface area contributed by atoms with Gasteiger partial charge in [-0.15, -0.1) is 0 Å². The maximum Gasteiger partial charge on any atom is 0.224 e. The van der Waals surface area contributed by atoms with Crippen LogP contribution >= 0.6 is 11.3 Å². The van der Waals surface area contributed by atoms with Crippen LogP contribution in [0.4, 0.5) is 0 Å². The molecular formula is C5H8ClNS. The Balaban J connectivity index is 0.000000490. The molecule has 1 heterocycles. The monoisotopic (exact) mass is 149 g/mol. The molecule has 0 bridgehead atoms. The first-order chi connectivity index (χ1) is 3.43. The van der Waals surface area contributed by atoms with Gasteiger partial charge < -0.3 is 12.4 Å². The van der Waals surface area contributed by atoms with Crippen LogP contribution in [0.15, 0.2) is 17.1 Å². The Morgan fingerprint density at radius 2 is 2.38 bits per heavy atom. The van der Waals surface area contributed by atoms with Gasteiger partial charge in [-0.3, -0.25) is 0 Å². The highest BCUT2D eigenvalue weighted by molar-refractivity contribution is 7.07. The van der Waals surface area contributed by atoms with Crippen molar-refractivity contribution < 1.29 is 17.0 Å². The summed E-state index contributed by atoms with van der Waals surface area (Å²) >= 11 is 1.73. The molecule has 1 nitrogen and oxygen atoms in total. The lowest BCUT2D eigenvalue weighted by Crippen LogP contribution is -3.00. The van der Waals surface area contributed by atoms with Crippen molar-refractivity contribution in [2.45, 2.75) is 13.5 Å². The third-order valence-electron chi connectivity index (χ3n) is 0.892. The third-order valence-corrected chi connectivity index (χ3v) is 1.56. The van der Waals surface area contributed by atoms with Crippen LogP contribution < -0.4 is 17.0 Å². The zero-order valence-corrected chi connectivity index (χ0v) is 6.25. The standard InChI is InChI=1S/C5H8NS.ClH/c1-2-6-3-4-7-5-6;/h3-5H,2H2,1H3;1H/q+1;/p-1. The second-order valence-corrected chi connectivity index (χ2v) is 2.11. The molecular weight excluding hydrogens is 142 g/mol. The van der Waals surface area contributed by atoms with Crippen molar-refractivity contribution in [3.05, 3.63) is 17.1 Å². The van der Waals surface area contributed by atoms with Crippen LogP contribution in [0, 0.1) is 0 Å². The Morgan fingerprint density at radius 1 is 1.62 bits per heavy atom. The SMILES string of the molecule is CC[n+]1ccsc1.[Cl-]. The number of hydrogen-bond acceptors (Lipinski definition) is 1. The Kier molecular flexibility index (Phi) is 3.83. The minimum atomic E-state index is 0. The van der Waals surface area contributed by atoms with Crippen LogP contribution in [-0.4, -0.2) is 0 Å². The zero-order chi connectivity index (χ0) is 5.11. The quantitative estimate of drug-likeness (QED) is 0.409. The van der Waals surface area contributed by atoms with Gasteiger partial charge in [-0.25, -0.2) is 0 Å². The molecule has 1 aromatic rings. The molecule has 0 saturated carbocycles. The zero-order valence-electron chi connectivity index (χ0n) is 4.67. The van der Waals surface area contributed by atoms with Crippen LogP contribution in [0.2, 0.25) is 0 Å². The molecule has 8 heavy (non-hydrogen) atoms. The first-order valence-corrected chi connectivity index (χ1v) is 3.29. The Labute approximate surface area is 59.4 Å². The molecule has 1 rings (SSSR count). The number of halogens is 1. The lowest BCUT2D eigenvalue weighted by molar-refractivity contribution is -0.688. The number of rotatable bonds is 1. The van der Waals surface area contributed by atoms with E-state index in [2.05, 4.69) is 28.6 Å². The van der Waals surface area contributed by atoms with Gasteiger partial charge in [-0.2, -0.15) is 4.57 Å². The van der Waals surface area contributed by atoms with Gasteiger partial charge in [-0.1, -0.05) is 11.3 Å². The van der Waals surface area contributed by atoms with E-state index in [1.807, 2.05) is 0 Å². The van der Waals surface area contributed by atoms with Crippen molar-refractivity contribution in [3.63, 3.8) is 0 Å². The van der Waals surface area contributed by atoms with Gasteiger partial charge in [-0.05, 0) is 6.92 Å². The highest BCUT2D eigenvalue weighted by Gasteiger charge is 1.89. The smallest absolute Gasteiger partial charge is 0.224 e. The predicted octanol–water partition coefficient (Wildman–Crippen LogP) is -1.94. The molecule has 1 aromatic heterocycles. The van der Waals surface area contributed by atoms with Crippen LogP contribution in [0.3, 0.4) is 0 Å². The molecule has 0 atom stereocenters. The molecule has 0 aliphatic carbocycles. The molecule has 0 unspecified atom stereocenters. The van der Waals surface area contributed by atoms with E-state index in [9.17, 15) is 0 Å². The summed E-state index contributed by atoms with van der Waals surface area (Å²) in [4.78, 5) is 0. The highest BCUT2D eigenvalue weighted by Crippen LogP contribution is 1.85. The fourth-order valence-electron chi connectivity index (χ4n) is 0.442. The summed E-state index contributed by atoms with van der Waals surface area (Å²) in [5, 5.41) is 2.07. The van der Waals surface area contributed by atoms with E-state index in [0.29, 0.717) is 0 Å². The normalized spacial score (nSPS) is 8.12. The summed E-state index contributed by atoms with van der Waals surface area (Å²) < 4.78 is 2.14. The van der Waals surface area contributed by atoms with Gasteiger partial charge in [0, 0.05) is 0 Å². The average molecular weight is 150 g/mol. The van der Waals surface area contributed by atoms with Crippen LogP contribution in [0.5, 0.6) is 0 Å². The van der Waals surface area contributed by atoms with E-state index >= 15 is 0 Å². The van der Waals surface area contributed by atoms with Crippen molar-refractivity contribution >= 4 is 11.3 Å². The van der Waals surface area contributed by atoms with E-state index in [-0.39, 0.29) is 12.4 Å². The summed E-state index contributed by atoms with van der Waals surface area (Å²) in [6.07, 6.45) is 2.07. The Bertz CT molecular complexity index is 127. The minimum Gasteiger partial charge on any atom is -1.00 e. The van der Waals surface area contributed by atoms with E-state index in [1.54, 1.807) is 11.3 Å². The van der Waals surface area contributed by atoms with Gasteiger partial charge in [0.05, 0.1) is 5.38 Å². The molecule has 0 aliphatic heterocycles. The summed E-state index contributed by atoms with van der Waals surface area (Å²) in [7, 11) is 0. The largest absolute Gasteiger partial charge is 1.00 e. The van der Waals surface area contributed by atoms with Gasteiger partial charge in [0.25, 0.3) is 0 Å². The first-order valence-electron chi connectivity index (χ1n) is 2.34. The average Bonchev–Trinajstić information content (AvgIpc) is 2.14. The summed E-state index contributed by atoms with van der Waals surface area (Å²) in [6.45, 7) is 3.22. The molecule has 0 spiro atoms. The van der Waals surface area contributed by atoms with Crippen molar-refractivity contribution in [1.82, 2.24) is 0 Å². The molecule has 3 heteroatoms. The highest BCUT2D eigenvalue weighted by atomic mass is 35.5. The number of aryl methyl sites for hydroxylation is 1. The molecule has 0 aliphatic rings. The van der Waals surface area contributed by atoms with E-state index in [4.69, 9.17) is 0 Å². The van der Waals surface area contributed by atoms with Crippen molar-refractivity contribution in [3.8, 4) is 0 Å².